The highest BCUT2D eigenvalue weighted by atomic mass is 19.3. The number of ether oxygens (including phenoxy) is 1. The van der Waals surface area contributed by atoms with E-state index in [-0.39, 0.29) is 24.3 Å². The predicted octanol–water partition coefficient (Wildman–Crippen LogP) is 2.57. The van der Waals surface area contributed by atoms with Gasteiger partial charge in [-0.1, -0.05) is 0 Å². The van der Waals surface area contributed by atoms with Crippen molar-refractivity contribution in [3.8, 4) is 0 Å². The van der Waals surface area contributed by atoms with Gasteiger partial charge in [-0.3, -0.25) is 4.79 Å². The fourth-order valence-corrected chi connectivity index (χ4v) is 1.52. The van der Waals surface area contributed by atoms with Crippen molar-refractivity contribution in [2.24, 2.45) is 0 Å². The maximum Gasteiger partial charge on any atom is 0.310 e. The first kappa shape index (κ1) is 13.5. The van der Waals surface area contributed by atoms with Crippen LogP contribution in [0.4, 0.5) is 13.2 Å². The molecule has 6 heteroatoms. The van der Waals surface area contributed by atoms with E-state index in [4.69, 9.17) is 0 Å². The second kappa shape index (κ2) is 5.65. The maximum atomic E-state index is 13.0. The first-order chi connectivity index (χ1) is 7.95. The lowest BCUT2D eigenvalue weighted by molar-refractivity contribution is -0.142. The van der Waals surface area contributed by atoms with E-state index >= 15 is 0 Å². The highest BCUT2D eigenvalue weighted by Crippen LogP contribution is 2.26. The molecular formula is C11H12F3NO2. The Morgan fingerprint density at radius 1 is 1.53 bits per heavy atom. The van der Waals surface area contributed by atoms with Crippen LogP contribution in [0.25, 0.3) is 0 Å². The highest BCUT2D eigenvalue weighted by molar-refractivity contribution is 5.73. The number of carbonyl (C=O) groups is 1. The molecule has 1 rings (SSSR count). The minimum absolute atomic E-state index is 0.0801. The summed E-state index contributed by atoms with van der Waals surface area (Å²) in [6.45, 7) is 3.03. The number of nitrogens with zero attached hydrogens (tertiary/aromatic N) is 1. The van der Waals surface area contributed by atoms with E-state index in [1.165, 1.54) is 6.92 Å². The molecule has 1 aromatic rings. The first-order valence-corrected chi connectivity index (χ1v) is 5.05. The van der Waals surface area contributed by atoms with E-state index in [0.29, 0.717) is 0 Å². The number of pyridine rings is 1. The molecule has 0 N–H and O–H groups in total. The number of esters is 1. The molecule has 0 bridgehead atoms. The predicted molar refractivity (Wildman–Crippen MR) is 54.2 cm³/mol. The van der Waals surface area contributed by atoms with Crippen LogP contribution < -0.4 is 0 Å². The van der Waals surface area contributed by atoms with Gasteiger partial charge in [0.1, 0.15) is 0 Å². The Bertz CT molecular complexity index is 421. The lowest BCUT2D eigenvalue weighted by Crippen LogP contribution is -2.11. The zero-order valence-corrected chi connectivity index (χ0v) is 9.47. The van der Waals surface area contributed by atoms with E-state index in [1.54, 1.807) is 6.92 Å². The smallest absolute Gasteiger partial charge is 0.310 e. The molecule has 17 heavy (non-hydrogen) atoms. The number of aryl methyl sites for hydroxylation is 1. The molecule has 0 fully saturated rings. The summed E-state index contributed by atoms with van der Waals surface area (Å²) in [5.41, 5.74) is -0.595. The number of halogens is 3. The number of aromatic nitrogens is 1. The molecule has 0 saturated heterocycles. The third-order valence-corrected chi connectivity index (χ3v) is 2.16. The van der Waals surface area contributed by atoms with Gasteiger partial charge in [0.2, 0.25) is 5.95 Å². The lowest BCUT2D eigenvalue weighted by Gasteiger charge is -2.10. The van der Waals surface area contributed by atoms with Gasteiger partial charge in [-0.05, 0) is 25.5 Å². The van der Waals surface area contributed by atoms with Gasteiger partial charge in [0, 0.05) is 11.3 Å². The fourth-order valence-electron chi connectivity index (χ4n) is 1.52. The molecule has 0 aromatic carbocycles. The maximum absolute atomic E-state index is 13.0. The van der Waals surface area contributed by atoms with Crippen LogP contribution in [0.3, 0.4) is 0 Å². The topological polar surface area (TPSA) is 39.2 Å². The van der Waals surface area contributed by atoms with Crippen molar-refractivity contribution in [3.05, 3.63) is 28.8 Å². The van der Waals surface area contributed by atoms with Crippen molar-refractivity contribution in [2.45, 2.75) is 26.7 Å². The minimum atomic E-state index is -2.80. The van der Waals surface area contributed by atoms with Gasteiger partial charge < -0.3 is 4.74 Å². The van der Waals surface area contributed by atoms with Crippen molar-refractivity contribution in [1.29, 1.82) is 0 Å². The molecule has 0 spiro atoms. The molecule has 94 valence electrons. The second-order valence-corrected chi connectivity index (χ2v) is 3.39. The zero-order valence-electron chi connectivity index (χ0n) is 9.47. The molecular weight excluding hydrogens is 235 g/mol. The Kier molecular flexibility index (Phi) is 4.48. The molecule has 0 amide bonds. The Labute approximate surface area is 96.6 Å². The summed E-state index contributed by atoms with van der Waals surface area (Å²) < 4.78 is 43.1. The molecule has 3 nitrogen and oxygen atoms in total. The van der Waals surface area contributed by atoms with Crippen LogP contribution in [0, 0.1) is 12.9 Å². The Morgan fingerprint density at radius 3 is 2.71 bits per heavy atom. The highest BCUT2D eigenvalue weighted by Gasteiger charge is 2.20. The Hall–Kier alpha value is -1.59. The van der Waals surface area contributed by atoms with Crippen molar-refractivity contribution < 1.29 is 22.7 Å². The van der Waals surface area contributed by atoms with Gasteiger partial charge in [-0.2, -0.15) is 4.39 Å². The third kappa shape index (κ3) is 3.44. The van der Waals surface area contributed by atoms with Gasteiger partial charge in [-0.15, -0.1) is 0 Å². The minimum Gasteiger partial charge on any atom is -0.466 e. The average molecular weight is 247 g/mol. The quantitative estimate of drug-likeness (QED) is 0.606. The molecule has 1 heterocycles. The summed E-state index contributed by atoms with van der Waals surface area (Å²) in [5.74, 6) is -1.55. The lowest BCUT2D eigenvalue weighted by atomic mass is 10.0. The Balaban J connectivity index is 3.08. The molecule has 0 aliphatic rings. The van der Waals surface area contributed by atoms with Crippen molar-refractivity contribution in [2.75, 3.05) is 6.61 Å². The normalized spacial score (nSPS) is 10.7. The first-order valence-electron chi connectivity index (χ1n) is 5.05. The van der Waals surface area contributed by atoms with E-state index in [0.717, 1.165) is 6.07 Å². The number of hydrogen-bond acceptors (Lipinski definition) is 3. The number of rotatable bonds is 4. The SMILES string of the molecule is CCOC(=O)Cc1cc(F)nc(C)c1C(F)F. The van der Waals surface area contributed by atoms with Gasteiger partial charge in [-0.25, -0.2) is 13.8 Å². The number of alkyl halides is 2. The molecule has 0 aliphatic carbocycles. The molecule has 0 aliphatic heterocycles. The van der Waals surface area contributed by atoms with Crippen LogP contribution >= 0.6 is 0 Å². The monoisotopic (exact) mass is 247 g/mol. The van der Waals surface area contributed by atoms with E-state index in [1.807, 2.05) is 0 Å². The van der Waals surface area contributed by atoms with Crippen LogP contribution in [-0.2, 0) is 16.0 Å². The van der Waals surface area contributed by atoms with Crippen molar-refractivity contribution in [1.82, 2.24) is 4.98 Å². The van der Waals surface area contributed by atoms with E-state index in [2.05, 4.69) is 9.72 Å². The van der Waals surface area contributed by atoms with Gasteiger partial charge in [0.15, 0.2) is 0 Å². The fraction of sp³-hybridized carbons (Fsp3) is 0.455. The van der Waals surface area contributed by atoms with Crippen molar-refractivity contribution in [3.63, 3.8) is 0 Å². The molecule has 0 radical (unpaired) electrons. The Morgan fingerprint density at radius 2 is 2.18 bits per heavy atom. The van der Waals surface area contributed by atoms with Gasteiger partial charge in [0.05, 0.1) is 13.0 Å². The molecule has 1 aromatic heterocycles. The van der Waals surface area contributed by atoms with Crippen LogP contribution in [-0.4, -0.2) is 17.6 Å². The van der Waals surface area contributed by atoms with E-state index < -0.39 is 23.9 Å². The summed E-state index contributed by atoms with van der Waals surface area (Å²) in [5, 5.41) is 0. The number of carbonyl (C=O) groups excluding carboxylic acids is 1. The summed E-state index contributed by atoms with van der Waals surface area (Å²) in [4.78, 5) is 14.5. The summed E-state index contributed by atoms with van der Waals surface area (Å²) in [6.07, 6.45) is -3.18. The average Bonchev–Trinajstić information content (AvgIpc) is 2.15. The van der Waals surface area contributed by atoms with Crippen LogP contribution in [0.2, 0.25) is 0 Å². The van der Waals surface area contributed by atoms with E-state index in [9.17, 15) is 18.0 Å². The van der Waals surface area contributed by atoms with Crippen LogP contribution in [0.1, 0.15) is 30.2 Å². The summed E-state index contributed by atoms with van der Waals surface area (Å²) >= 11 is 0. The zero-order chi connectivity index (χ0) is 13.0. The summed E-state index contributed by atoms with van der Waals surface area (Å²) in [6, 6.07) is 0.839. The van der Waals surface area contributed by atoms with Gasteiger partial charge >= 0.3 is 5.97 Å². The summed E-state index contributed by atoms with van der Waals surface area (Å²) in [7, 11) is 0. The molecule has 0 atom stereocenters. The standard InChI is InChI=1S/C11H12F3NO2/c1-3-17-9(16)5-7-4-8(12)15-6(2)10(7)11(13)14/h4,11H,3,5H2,1-2H3. The van der Waals surface area contributed by atoms with Crippen LogP contribution in [0.5, 0.6) is 0 Å². The largest absolute Gasteiger partial charge is 0.466 e. The number of hydrogen-bond donors (Lipinski definition) is 0. The molecule has 0 unspecified atom stereocenters. The van der Waals surface area contributed by atoms with Gasteiger partial charge in [0.25, 0.3) is 6.43 Å². The third-order valence-electron chi connectivity index (χ3n) is 2.16. The van der Waals surface area contributed by atoms with Crippen LogP contribution in [0.15, 0.2) is 6.07 Å². The van der Waals surface area contributed by atoms with Crippen molar-refractivity contribution >= 4 is 5.97 Å². The molecule has 0 saturated carbocycles. The second-order valence-electron chi connectivity index (χ2n) is 3.39.